The predicted octanol–water partition coefficient (Wildman–Crippen LogP) is 3.16. The van der Waals surface area contributed by atoms with Gasteiger partial charge in [-0.15, -0.1) is 0 Å². The van der Waals surface area contributed by atoms with Crippen molar-refractivity contribution in [2.75, 3.05) is 13.1 Å². The average Bonchev–Trinajstić information content (AvgIpc) is 3.37. The summed E-state index contributed by atoms with van der Waals surface area (Å²) in [5, 5.41) is 3.16. The normalized spacial score (nSPS) is 25.4. The minimum Gasteiger partial charge on any atom is -0.329 e. The van der Waals surface area contributed by atoms with E-state index >= 15 is 0 Å². The van der Waals surface area contributed by atoms with Gasteiger partial charge in [0.15, 0.2) is 5.16 Å². The van der Waals surface area contributed by atoms with Crippen molar-refractivity contribution < 1.29 is 8.42 Å². The number of thioether (sulfide) groups is 1. The molecule has 0 amide bonds. The van der Waals surface area contributed by atoms with Crippen molar-refractivity contribution in [1.82, 2.24) is 18.8 Å². The third-order valence-electron chi connectivity index (χ3n) is 5.98. The summed E-state index contributed by atoms with van der Waals surface area (Å²) in [5.74, 6) is 0.869. The number of sulfonamides is 1. The van der Waals surface area contributed by atoms with Crippen LogP contribution in [0.15, 0.2) is 59.1 Å². The SMILES string of the molecule is Cn1ccnc1SC1C[C@@H]2CN(S(=O)(=O)c3cccc4cnccc34)C[C@@H]2C1. The van der Waals surface area contributed by atoms with Gasteiger partial charge in [-0.3, -0.25) is 4.98 Å². The summed E-state index contributed by atoms with van der Waals surface area (Å²) in [5.41, 5.74) is 0. The van der Waals surface area contributed by atoms with E-state index in [4.69, 9.17) is 0 Å². The monoisotopic (exact) mass is 414 g/mol. The molecule has 1 saturated carbocycles. The molecule has 0 bridgehead atoms. The van der Waals surface area contributed by atoms with E-state index in [9.17, 15) is 8.42 Å². The number of hydrogen-bond acceptors (Lipinski definition) is 5. The maximum absolute atomic E-state index is 13.3. The number of benzene rings is 1. The Morgan fingerprint density at radius 1 is 1.11 bits per heavy atom. The number of hydrogen-bond donors (Lipinski definition) is 0. The summed E-state index contributed by atoms with van der Waals surface area (Å²) < 4.78 is 30.4. The summed E-state index contributed by atoms with van der Waals surface area (Å²) in [6.45, 7) is 1.23. The van der Waals surface area contributed by atoms with Crippen LogP contribution in [0.4, 0.5) is 0 Å². The van der Waals surface area contributed by atoms with Crippen LogP contribution in [0.5, 0.6) is 0 Å². The minimum atomic E-state index is -3.50. The second kappa shape index (κ2) is 6.86. The van der Waals surface area contributed by atoms with E-state index in [0.717, 1.165) is 28.8 Å². The van der Waals surface area contributed by atoms with Crippen LogP contribution < -0.4 is 0 Å². The van der Waals surface area contributed by atoms with Crippen LogP contribution in [0.25, 0.3) is 10.8 Å². The second-order valence-electron chi connectivity index (χ2n) is 7.73. The number of pyridine rings is 1. The summed E-state index contributed by atoms with van der Waals surface area (Å²) in [6, 6.07) is 7.21. The van der Waals surface area contributed by atoms with E-state index in [1.807, 2.05) is 41.8 Å². The van der Waals surface area contributed by atoms with Gasteiger partial charge in [0.2, 0.25) is 10.0 Å². The minimum absolute atomic E-state index is 0.395. The van der Waals surface area contributed by atoms with E-state index in [-0.39, 0.29) is 0 Å². The Bertz CT molecular complexity index is 1110. The molecule has 1 unspecified atom stereocenters. The number of rotatable bonds is 4. The zero-order valence-electron chi connectivity index (χ0n) is 15.6. The molecule has 0 N–H and O–H groups in total. The predicted molar refractivity (Wildman–Crippen MR) is 110 cm³/mol. The van der Waals surface area contributed by atoms with Crippen molar-refractivity contribution in [3.63, 3.8) is 0 Å². The molecule has 8 heteroatoms. The van der Waals surface area contributed by atoms with Gasteiger partial charge in [0.05, 0.1) is 4.90 Å². The van der Waals surface area contributed by atoms with Crippen LogP contribution in [0.2, 0.25) is 0 Å². The highest BCUT2D eigenvalue weighted by Crippen LogP contribution is 2.46. The first-order valence-electron chi connectivity index (χ1n) is 9.49. The number of nitrogens with zero attached hydrogens (tertiary/aromatic N) is 4. The summed E-state index contributed by atoms with van der Waals surface area (Å²) in [7, 11) is -1.49. The first-order valence-corrected chi connectivity index (χ1v) is 11.8. The molecule has 3 aromatic rings. The molecule has 2 aromatic heterocycles. The number of fused-ring (bicyclic) bond motifs is 2. The molecular formula is C20H22N4O2S2. The maximum atomic E-state index is 13.3. The highest BCUT2D eigenvalue weighted by atomic mass is 32.2. The Hall–Kier alpha value is -1.90. The van der Waals surface area contributed by atoms with E-state index in [2.05, 4.69) is 9.97 Å². The van der Waals surface area contributed by atoms with E-state index in [1.54, 1.807) is 34.9 Å². The van der Waals surface area contributed by atoms with Crippen LogP contribution in [-0.4, -0.2) is 45.6 Å². The Labute approximate surface area is 169 Å². The van der Waals surface area contributed by atoms with Crippen molar-refractivity contribution in [3.8, 4) is 0 Å². The van der Waals surface area contributed by atoms with Crippen molar-refractivity contribution in [1.29, 1.82) is 0 Å². The fourth-order valence-electron chi connectivity index (χ4n) is 4.57. The standard InChI is InChI=1S/C20H22N4O2S2/c1-23-8-7-22-20(23)27-17-9-15-12-24(13-16(15)10-17)28(25,26)19-4-2-3-14-11-21-6-5-18(14)19/h2-8,11,15-17H,9-10,12-13H2,1H3/t15-,16+,17?. The molecule has 6 nitrogen and oxygen atoms in total. The molecule has 3 heterocycles. The Kier molecular flexibility index (Phi) is 4.45. The fraction of sp³-hybridized carbons (Fsp3) is 0.400. The van der Waals surface area contributed by atoms with Gasteiger partial charge in [-0.1, -0.05) is 23.9 Å². The Morgan fingerprint density at radius 2 is 1.89 bits per heavy atom. The van der Waals surface area contributed by atoms with Crippen LogP contribution >= 0.6 is 11.8 Å². The van der Waals surface area contributed by atoms with Gasteiger partial charge >= 0.3 is 0 Å². The highest BCUT2D eigenvalue weighted by Gasteiger charge is 2.45. The average molecular weight is 415 g/mol. The van der Waals surface area contributed by atoms with E-state index in [0.29, 0.717) is 35.1 Å². The summed E-state index contributed by atoms with van der Waals surface area (Å²) in [6.07, 6.45) is 9.26. The Morgan fingerprint density at radius 3 is 2.61 bits per heavy atom. The molecule has 3 atom stereocenters. The van der Waals surface area contributed by atoms with Crippen molar-refractivity contribution in [2.24, 2.45) is 18.9 Å². The Balaban J connectivity index is 1.34. The summed E-state index contributed by atoms with van der Waals surface area (Å²) >= 11 is 1.83. The van der Waals surface area contributed by atoms with Crippen LogP contribution in [0, 0.1) is 11.8 Å². The number of aromatic nitrogens is 3. The highest BCUT2D eigenvalue weighted by molar-refractivity contribution is 7.99. The van der Waals surface area contributed by atoms with Crippen molar-refractivity contribution in [3.05, 3.63) is 49.1 Å². The lowest BCUT2D eigenvalue weighted by Crippen LogP contribution is -2.30. The van der Waals surface area contributed by atoms with Gasteiger partial charge in [-0.25, -0.2) is 13.4 Å². The fourth-order valence-corrected chi connectivity index (χ4v) is 7.67. The molecular weight excluding hydrogens is 392 g/mol. The molecule has 1 aromatic carbocycles. The quantitative estimate of drug-likeness (QED) is 0.656. The third kappa shape index (κ3) is 3.03. The van der Waals surface area contributed by atoms with Crippen molar-refractivity contribution in [2.45, 2.75) is 28.1 Å². The molecule has 2 aliphatic rings. The smallest absolute Gasteiger partial charge is 0.243 e. The maximum Gasteiger partial charge on any atom is 0.243 e. The molecule has 0 spiro atoms. The molecule has 28 heavy (non-hydrogen) atoms. The van der Waals surface area contributed by atoms with E-state index < -0.39 is 10.0 Å². The molecule has 2 fully saturated rings. The van der Waals surface area contributed by atoms with Gasteiger partial charge in [0, 0.05) is 60.9 Å². The molecule has 1 aliphatic carbocycles. The lowest BCUT2D eigenvalue weighted by molar-refractivity contribution is 0.447. The van der Waals surface area contributed by atoms with E-state index in [1.165, 1.54) is 0 Å². The summed E-state index contributed by atoms with van der Waals surface area (Å²) in [4.78, 5) is 8.91. The third-order valence-corrected chi connectivity index (χ3v) is 9.19. The first-order chi connectivity index (χ1) is 13.5. The molecule has 146 valence electrons. The molecule has 1 saturated heterocycles. The number of aryl methyl sites for hydroxylation is 1. The van der Waals surface area contributed by atoms with Gasteiger partial charge < -0.3 is 4.57 Å². The van der Waals surface area contributed by atoms with Crippen LogP contribution in [-0.2, 0) is 17.1 Å². The lowest BCUT2D eigenvalue weighted by atomic mass is 10.0. The van der Waals surface area contributed by atoms with Crippen LogP contribution in [0.3, 0.4) is 0 Å². The molecule has 1 aliphatic heterocycles. The first kappa shape index (κ1) is 18.1. The zero-order chi connectivity index (χ0) is 19.3. The number of imidazole rings is 1. The second-order valence-corrected chi connectivity index (χ2v) is 10.9. The molecule has 0 radical (unpaired) electrons. The van der Waals surface area contributed by atoms with Gasteiger partial charge in [-0.05, 0) is 36.8 Å². The van der Waals surface area contributed by atoms with Crippen LogP contribution in [0.1, 0.15) is 12.8 Å². The van der Waals surface area contributed by atoms with Crippen molar-refractivity contribution >= 4 is 32.6 Å². The van der Waals surface area contributed by atoms with Gasteiger partial charge in [0.25, 0.3) is 0 Å². The van der Waals surface area contributed by atoms with Gasteiger partial charge in [-0.2, -0.15) is 4.31 Å². The van der Waals surface area contributed by atoms with Gasteiger partial charge in [0.1, 0.15) is 0 Å². The lowest BCUT2D eigenvalue weighted by Gasteiger charge is -2.20. The zero-order valence-corrected chi connectivity index (χ0v) is 17.2. The topological polar surface area (TPSA) is 68.1 Å². The largest absolute Gasteiger partial charge is 0.329 e. The molecule has 5 rings (SSSR count).